The zero-order chi connectivity index (χ0) is 13.7. The average molecular weight is 255 g/mol. The first kappa shape index (κ1) is 13.2. The van der Waals surface area contributed by atoms with Crippen molar-refractivity contribution in [2.45, 2.75) is 20.0 Å². The van der Waals surface area contributed by atoms with Crippen LogP contribution < -0.4 is 5.32 Å². The minimum absolute atomic E-state index is 0.0768. The van der Waals surface area contributed by atoms with E-state index in [1.807, 2.05) is 31.2 Å². The maximum absolute atomic E-state index is 13.1. The summed E-state index contributed by atoms with van der Waals surface area (Å²) in [5.41, 5.74) is 2.90. The number of nitrogens with one attached hydrogen (secondary N) is 1. The Morgan fingerprint density at radius 1 is 1.26 bits per heavy atom. The molecule has 1 N–H and O–H groups in total. The molecule has 2 aromatic rings. The van der Waals surface area contributed by atoms with Crippen LogP contribution in [0, 0.1) is 24.1 Å². The lowest BCUT2D eigenvalue weighted by molar-refractivity contribution is 0.620. The minimum atomic E-state index is -0.480. The van der Waals surface area contributed by atoms with E-state index in [0.717, 1.165) is 17.0 Å². The van der Waals surface area contributed by atoms with Crippen molar-refractivity contribution in [3.8, 4) is 6.07 Å². The van der Waals surface area contributed by atoms with Gasteiger partial charge in [-0.25, -0.2) is 4.39 Å². The van der Waals surface area contributed by atoms with Crippen molar-refractivity contribution in [2.24, 2.45) is 0 Å². The molecule has 0 radical (unpaired) electrons. The number of hydrogen-bond donors (Lipinski definition) is 1. The van der Waals surface area contributed by atoms with Crippen LogP contribution in [0.3, 0.4) is 0 Å². The van der Waals surface area contributed by atoms with Crippen LogP contribution in [-0.2, 0) is 13.1 Å². The highest BCUT2D eigenvalue weighted by atomic mass is 19.1. The van der Waals surface area contributed by atoms with E-state index in [0.29, 0.717) is 13.1 Å². The summed E-state index contributed by atoms with van der Waals surface area (Å²) in [7, 11) is 0. The standard InChI is InChI=1S/C15H14FN3/c1-11-3-2-4-14(19-11)10-18-9-12-5-6-15(16)13(7-12)8-17/h2-7,18H,9-10H2,1H3. The Morgan fingerprint density at radius 3 is 2.84 bits per heavy atom. The van der Waals surface area contributed by atoms with Crippen molar-refractivity contribution < 1.29 is 4.39 Å². The fraction of sp³-hybridized carbons (Fsp3) is 0.200. The molecule has 96 valence electrons. The maximum Gasteiger partial charge on any atom is 0.140 e. The Balaban J connectivity index is 1.95. The molecule has 0 saturated heterocycles. The SMILES string of the molecule is Cc1cccc(CNCc2ccc(F)c(C#N)c2)n1. The van der Waals surface area contributed by atoms with E-state index in [2.05, 4.69) is 10.3 Å². The summed E-state index contributed by atoms with van der Waals surface area (Å²) >= 11 is 0. The van der Waals surface area contributed by atoms with E-state index in [-0.39, 0.29) is 5.56 Å². The molecule has 1 aromatic carbocycles. The van der Waals surface area contributed by atoms with E-state index < -0.39 is 5.82 Å². The summed E-state index contributed by atoms with van der Waals surface area (Å²) in [5.74, 6) is -0.480. The fourth-order valence-electron chi connectivity index (χ4n) is 1.80. The van der Waals surface area contributed by atoms with Crippen molar-refractivity contribution in [1.82, 2.24) is 10.3 Å². The molecule has 19 heavy (non-hydrogen) atoms. The van der Waals surface area contributed by atoms with E-state index in [4.69, 9.17) is 5.26 Å². The summed E-state index contributed by atoms with van der Waals surface area (Å²) in [6, 6.07) is 12.3. The molecular formula is C15H14FN3. The van der Waals surface area contributed by atoms with Gasteiger partial charge < -0.3 is 5.32 Å². The first-order valence-corrected chi connectivity index (χ1v) is 6.01. The summed E-state index contributed by atoms with van der Waals surface area (Å²) < 4.78 is 13.1. The molecular weight excluding hydrogens is 241 g/mol. The molecule has 3 nitrogen and oxygen atoms in total. The molecule has 0 amide bonds. The van der Waals surface area contributed by atoms with Gasteiger partial charge in [-0.3, -0.25) is 4.98 Å². The molecule has 0 aliphatic rings. The number of benzene rings is 1. The number of nitrogens with zero attached hydrogens (tertiary/aromatic N) is 2. The van der Waals surface area contributed by atoms with Gasteiger partial charge in [0.2, 0.25) is 0 Å². The fourth-order valence-corrected chi connectivity index (χ4v) is 1.80. The summed E-state index contributed by atoms with van der Waals surface area (Å²) in [4.78, 5) is 4.38. The number of pyridine rings is 1. The quantitative estimate of drug-likeness (QED) is 0.913. The van der Waals surface area contributed by atoms with Crippen molar-refractivity contribution in [1.29, 1.82) is 5.26 Å². The number of aromatic nitrogens is 1. The third kappa shape index (κ3) is 3.60. The van der Waals surface area contributed by atoms with E-state index in [1.165, 1.54) is 6.07 Å². The van der Waals surface area contributed by atoms with Gasteiger partial charge in [0.15, 0.2) is 0 Å². The number of rotatable bonds is 4. The molecule has 0 fully saturated rings. The van der Waals surface area contributed by atoms with Crippen LogP contribution in [-0.4, -0.2) is 4.98 Å². The Bertz CT molecular complexity index is 617. The Hall–Kier alpha value is -2.25. The van der Waals surface area contributed by atoms with E-state index in [9.17, 15) is 4.39 Å². The van der Waals surface area contributed by atoms with Crippen LogP contribution in [0.15, 0.2) is 36.4 Å². The molecule has 0 spiro atoms. The number of nitriles is 1. The van der Waals surface area contributed by atoms with Crippen LogP contribution in [0.25, 0.3) is 0 Å². The second-order valence-corrected chi connectivity index (χ2v) is 4.30. The van der Waals surface area contributed by atoms with E-state index >= 15 is 0 Å². The van der Waals surface area contributed by atoms with Crippen molar-refractivity contribution in [2.75, 3.05) is 0 Å². The molecule has 1 aromatic heterocycles. The van der Waals surface area contributed by atoms with Crippen LogP contribution in [0.4, 0.5) is 4.39 Å². The van der Waals surface area contributed by atoms with Crippen LogP contribution in [0.1, 0.15) is 22.5 Å². The van der Waals surface area contributed by atoms with Gasteiger partial charge in [-0.2, -0.15) is 5.26 Å². The van der Waals surface area contributed by atoms with Gasteiger partial charge in [-0.05, 0) is 36.8 Å². The van der Waals surface area contributed by atoms with Gasteiger partial charge in [0.25, 0.3) is 0 Å². The molecule has 0 saturated carbocycles. The second-order valence-electron chi connectivity index (χ2n) is 4.30. The van der Waals surface area contributed by atoms with Gasteiger partial charge in [-0.1, -0.05) is 12.1 Å². The largest absolute Gasteiger partial charge is 0.307 e. The molecule has 0 bridgehead atoms. The third-order valence-corrected chi connectivity index (χ3v) is 2.73. The highest BCUT2D eigenvalue weighted by molar-refractivity contribution is 5.34. The lowest BCUT2D eigenvalue weighted by Crippen LogP contribution is -2.14. The molecule has 0 aliphatic heterocycles. The number of hydrogen-bond acceptors (Lipinski definition) is 3. The number of halogens is 1. The molecule has 1 heterocycles. The van der Waals surface area contributed by atoms with Gasteiger partial charge >= 0.3 is 0 Å². The van der Waals surface area contributed by atoms with Crippen molar-refractivity contribution >= 4 is 0 Å². The zero-order valence-electron chi connectivity index (χ0n) is 10.7. The predicted molar refractivity (Wildman–Crippen MR) is 70.6 cm³/mol. The maximum atomic E-state index is 13.1. The average Bonchev–Trinajstić information content (AvgIpc) is 2.41. The van der Waals surface area contributed by atoms with Crippen molar-refractivity contribution in [3.05, 3.63) is 64.7 Å². The minimum Gasteiger partial charge on any atom is -0.307 e. The van der Waals surface area contributed by atoms with Crippen LogP contribution in [0.2, 0.25) is 0 Å². The highest BCUT2D eigenvalue weighted by Gasteiger charge is 2.02. The Kier molecular flexibility index (Phi) is 4.22. The zero-order valence-corrected chi connectivity index (χ0v) is 10.7. The summed E-state index contributed by atoms with van der Waals surface area (Å²) in [5, 5.41) is 12.0. The monoisotopic (exact) mass is 255 g/mol. The summed E-state index contributed by atoms with van der Waals surface area (Å²) in [6.45, 7) is 3.16. The smallest absolute Gasteiger partial charge is 0.140 e. The van der Waals surface area contributed by atoms with Crippen LogP contribution >= 0.6 is 0 Å². The third-order valence-electron chi connectivity index (χ3n) is 2.73. The lowest BCUT2D eigenvalue weighted by atomic mass is 10.1. The first-order chi connectivity index (χ1) is 9.19. The number of aryl methyl sites for hydroxylation is 1. The van der Waals surface area contributed by atoms with Gasteiger partial charge in [0.05, 0.1) is 11.3 Å². The summed E-state index contributed by atoms with van der Waals surface area (Å²) in [6.07, 6.45) is 0. The van der Waals surface area contributed by atoms with E-state index in [1.54, 1.807) is 12.1 Å². The Labute approximate surface area is 111 Å². The first-order valence-electron chi connectivity index (χ1n) is 6.01. The topological polar surface area (TPSA) is 48.7 Å². The normalized spacial score (nSPS) is 10.2. The molecule has 2 rings (SSSR count). The molecule has 0 unspecified atom stereocenters. The molecule has 0 aliphatic carbocycles. The highest BCUT2D eigenvalue weighted by Crippen LogP contribution is 2.09. The molecule has 4 heteroatoms. The predicted octanol–water partition coefficient (Wildman–Crippen LogP) is 2.69. The van der Waals surface area contributed by atoms with Crippen LogP contribution in [0.5, 0.6) is 0 Å². The lowest BCUT2D eigenvalue weighted by Gasteiger charge is -2.06. The molecule has 0 atom stereocenters. The van der Waals surface area contributed by atoms with Crippen molar-refractivity contribution in [3.63, 3.8) is 0 Å². The van der Waals surface area contributed by atoms with Gasteiger partial charge in [0, 0.05) is 18.8 Å². The Morgan fingerprint density at radius 2 is 2.11 bits per heavy atom. The second kappa shape index (κ2) is 6.07. The van der Waals surface area contributed by atoms with Gasteiger partial charge in [0.1, 0.15) is 11.9 Å². The van der Waals surface area contributed by atoms with Gasteiger partial charge in [-0.15, -0.1) is 0 Å².